The van der Waals surface area contributed by atoms with Gasteiger partial charge in [-0.3, -0.25) is 9.59 Å². The Bertz CT molecular complexity index is 1230. The van der Waals surface area contributed by atoms with Crippen LogP contribution < -0.4 is 14.2 Å². The number of Topliss-reactive ketones (excluding diaryl/α,β-unsaturated/α-hetero) is 1. The maximum Gasteiger partial charge on any atom is 0.339 e. The number of ether oxygens (including phenoxy) is 4. The molecule has 0 bridgehead atoms. The Hall–Kier alpha value is -4.13. The van der Waals surface area contributed by atoms with Gasteiger partial charge in [-0.15, -0.1) is 0 Å². The zero-order chi connectivity index (χ0) is 23.4. The zero-order valence-electron chi connectivity index (χ0n) is 18.3. The Morgan fingerprint density at radius 3 is 2.27 bits per heavy atom. The van der Waals surface area contributed by atoms with Gasteiger partial charge in [0.2, 0.25) is 0 Å². The molecule has 3 aromatic rings. The number of ketones is 2. The van der Waals surface area contributed by atoms with Crippen LogP contribution in [0, 0.1) is 0 Å². The Kier molecular flexibility index (Phi) is 6.40. The van der Waals surface area contributed by atoms with E-state index in [1.807, 2.05) is 0 Å². The standard InChI is InChI=1S/C26H22O7/c1-16(27)17-7-9-22(30-2)19(13-17)15-33-26(29)21-6-4-3-5-20(21)25(28)18-8-10-23-24(14-18)32-12-11-31-23/h3-10,13-14H,11-12,15H2,1-2H3. The largest absolute Gasteiger partial charge is 0.496 e. The third-order valence-corrected chi connectivity index (χ3v) is 5.24. The Morgan fingerprint density at radius 2 is 1.55 bits per heavy atom. The van der Waals surface area contributed by atoms with Gasteiger partial charge in [0.15, 0.2) is 23.1 Å². The number of carbonyl (C=O) groups is 3. The maximum atomic E-state index is 13.2. The number of rotatable bonds is 7. The summed E-state index contributed by atoms with van der Waals surface area (Å²) in [5.41, 5.74) is 1.75. The summed E-state index contributed by atoms with van der Waals surface area (Å²) < 4.78 is 21.8. The summed E-state index contributed by atoms with van der Waals surface area (Å²) in [5.74, 6) is 0.452. The van der Waals surface area contributed by atoms with Gasteiger partial charge in [0.1, 0.15) is 25.6 Å². The van der Waals surface area contributed by atoms with Crippen molar-refractivity contribution < 1.29 is 33.3 Å². The third-order valence-electron chi connectivity index (χ3n) is 5.24. The highest BCUT2D eigenvalue weighted by Crippen LogP contribution is 2.32. The molecule has 0 aliphatic carbocycles. The van der Waals surface area contributed by atoms with Crippen molar-refractivity contribution in [2.24, 2.45) is 0 Å². The smallest absolute Gasteiger partial charge is 0.339 e. The van der Waals surface area contributed by atoms with E-state index in [4.69, 9.17) is 18.9 Å². The lowest BCUT2D eigenvalue weighted by molar-refractivity contribution is 0.0467. The highest BCUT2D eigenvalue weighted by atomic mass is 16.6. The number of benzene rings is 3. The third kappa shape index (κ3) is 4.72. The van der Waals surface area contributed by atoms with Gasteiger partial charge in [0, 0.05) is 22.3 Å². The van der Waals surface area contributed by atoms with Gasteiger partial charge in [-0.1, -0.05) is 18.2 Å². The minimum Gasteiger partial charge on any atom is -0.496 e. The second-order valence-electron chi connectivity index (χ2n) is 7.39. The average Bonchev–Trinajstić information content (AvgIpc) is 2.86. The summed E-state index contributed by atoms with van der Waals surface area (Å²) in [6, 6.07) is 16.3. The monoisotopic (exact) mass is 446 g/mol. The van der Waals surface area contributed by atoms with Crippen molar-refractivity contribution in [2.75, 3.05) is 20.3 Å². The minimum atomic E-state index is -0.660. The SMILES string of the molecule is COc1ccc(C(C)=O)cc1COC(=O)c1ccccc1C(=O)c1ccc2c(c1)OCCO2. The van der Waals surface area contributed by atoms with E-state index in [0.29, 0.717) is 47.2 Å². The topological polar surface area (TPSA) is 88.1 Å². The molecule has 1 aliphatic rings. The summed E-state index contributed by atoms with van der Waals surface area (Å²) in [5, 5.41) is 0. The fraction of sp³-hybridized carbons (Fsp3) is 0.192. The first-order chi connectivity index (χ1) is 16.0. The summed E-state index contributed by atoms with van der Waals surface area (Å²) in [4.78, 5) is 37.8. The van der Waals surface area contributed by atoms with Crippen LogP contribution in [-0.2, 0) is 11.3 Å². The molecular weight excluding hydrogens is 424 g/mol. The zero-order valence-corrected chi connectivity index (χ0v) is 18.3. The van der Waals surface area contributed by atoms with Crippen LogP contribution in [0.25, 0.3) is 0 Å². The van der Waals surface area contributed by atoms with Gasteiger partial charge in [-0.05, 0) is 49.4 Å². The number of fused-ring (bicyclic) bond motifs is 1. The van der Waals surface area contributed by atoms with Gasteiger partial charge in [0.25, 0.3) is 0 Å². The van der Waals surface area contributed by atoms with Gasteiger partial charge < -0.3 is 18.9 Å². The molecule has 0 atom stereocenters. The molecule has 0 fully saturated rings. The van der Waals surface area contributed by atoms with Crippen LogP contribution in [0.5, 0.6) is 17.2 Å². The summed E-state index contributed by atoms with van der Waals surface area (Å²) in [6.45, 7) is 2.20. The summed E-state index contributed by atoms with van der Waals surface area (Å²) in [6.07, 6.45) is 0. The van der Waals surface area contributed by atoms with E-state index in [1.54, 1.807) is 54.6 Å². The van der Waals surface area contributed by atoms with E-state index in [0.717, 1.165) is 0 Å². The Morgan fingerprint density at radius 1 is 0.848 bits per heavy atom. The van der Waals surface area contributed by atoms with Crippen molar-refractivity contribution in [3.63, 3.8) is 0 Å². The highest BCUT2D eigenvalue weighted by Gasteiger charge is 2.22. The van der Waals surface area contributed by atoms with Crippen LogP contribution in [0.3, 0.4) is 0 Å². The van der Waals surface area contributed by atoms with Crippen molar-refractivity contribution >= 4 is 17.5 Å². The molecule has 0 N–H and O–H groups in total. The molecule has 0 aromatic heterocycles. The van der Waals surface area contributed by atoms with E-state index in [-0.39, 0.29) is 29.3 Å². The fourth-order valence-corrected chi connectivity index (χ4v) is 3.53. The molecule has 7 heteroatoms. The molecule has 0 spiro atoms. The first kappa shape index (κ1) is 22.1. The van der Waals surface area contributed by atoms with Crippen molar-refractivity contribution in [3.8, 4) is 17.2 Å². The molecular formula is C26H22O7. The molecule has 0 saturated heterocycles. The van der Waals surface area contributed by atoms with Crippen LogP contribution in [0.15, 0.2) is 60.7 Å². The lowest BCUT2D eigenvalue weighted by atomic mass is 9.98. The Labute approximate surface area is 190 Å². The molecule has 0 saturated carbocycles. The lowest BCUT2D eigenvalue weighted by Crippen LogP contribution is -2.16. The van der Waals surface area contributed by atoms with Gasteiger partial charge >= 0.3 is 5.97 Å². The van der Waals surface area contributed by atoms with E-state index in [2.05, 4.69) is 0 Å². The van der Waals surface area contributed by atoms with Crippen LogP contribution in [0.1, 0.15) is 49.1 Å². The minimum absolute atomic E-state index is 0.111. The van der Waals surface area contributed by atoms with Gasteiger partial charge in [0.05, 0.1) is 12.7 Å². The van der Waals surface area contributed by atoms with E-state index in [1.165, 1.54) is 20.1 Å². The molecule has 1 heterocycles. The van der Waals surface area contributed by atoms with E-state index in [9.17, 15) is 14.4 Å². The molecule has 168 valence electrons. The molecule has 33 heavy (non-hydrogen) atoms. The molecule has 3 aromatic carbocycles. The Balaban J connectivity index is 1.56. The molecule has 0 amide bonds. The summed E-state index contributed by atoms with van der Waals surface area (Å²) >= 11 is 0. The van der Waals surface area contributed by atoms with Crippen molar-refractivity contribution in [2.45, 2.75) is 13.5 Å². The van der Waals surface area contributed by atoms with Crippen molar-refractivity contribution in [3.05, 3.63) is 88.5 Å². The number of carbonyl (C=O) groups excluding carboxylic acids is 3. The number of esters is 1. The van der Waals surface area contributed by atoms with E-state index >= 15 is 0 Å². The van der Waals surface area contributed by atoms with Crippen LogP contribution in [0.2, 0.25) is 0 Å². The predicted octanol–water partition coefficient (Wildman–Crippen LogP) is 4.26. The molecule has 0 radical (unpaired) electrons. The normalized spacial score (nSPS) is 12.1. The molecule has 7 nitrogen and oxygen atoms in total. The number of hydrogen-bond donors (Lipinski definition) is 0. The second kappa shape index (κ2) is 9.56. The predicted molar refractivity (Wildman–Crippen MR) is 119 cm³/mol. The first-order valence-corrected chi connectivity index (χ1v) is 10.4. The van der Waals surface area contributed by atoms with E-state index < -0.39 is 5.97 Å². The molecule has 4 rings (SSSR count). The van der Waals surface area contributed by atoms with Crippen molar-refractivity contribution in [1.29, 1.82) is 0 Å². The molecule has 0 unspecified atom stereocenters. The summed E-state index contributed by atoms with van der Waals surface area (Å²) in [7, 11) is 1.50. The second-order valence-corrected chi connectivity index (χ2v) is 7.39. The van der Waals surface area contributed by atoms with Crippen LogP contribution >= 0.6 is 0 Å². The molecule has 1 aliphatic heterocycles. The number of methoxy groups -OCH3 is 1. The number of hydrogen-bond acceptors (Lipinski definition) is 7. The average molecular weight is 446 g/mol. The quantitative estimate of drug-likeness (QED) is 0.396. The first-order valence-electron chi connectivity index (χ1n) is 10.4. The van der Waals surface area contributed by atoms with Crippen LogP contribution in [0.4, 0.5) is 0 Å². The lowest BCUT2D eigenvalue weighted by Gasteiger charge is -2.18. The maximum absolute atomic E-state index is 13.2. The highest BCUT2D eigenvalue weighted by molar-refractivity contribution is 6.14. The fourth-order valence-electron chi connectivity index (χ4n) is 3.53. The van der Waals surface area contributed by atoms with Gasteiger partial charge in [-0.2, -0.15) is 0 Å². The van der Waals surface area contributed by atoms with Gasteiger partial charge in [-0.25, -0.2) is 4.79 Å². The van der Waals surface area contributed by atoms with Crippen LogP contribution in [-0.4, -0.2) is 37.9 Å². The van der Waals surface area contributed by atoms with Crippen molar-refractivity contribution in [1.82, 2.24) is 0 Å².